The van der Waals surface area contributed by atoms with Crippen LogP contribution in [0, 0.1) is 0 Å². The largest absolute Gasteiger partial charge is 0.399 e. The number of aromatic nitrogens is 2. The fourth-order valence-electron chi connectivity index (χ4n) is 2.92. The highest BCUT2D eigenvalue weighted by Gasteiger charge is 2.19. The Balaban J connectivity index is 0.000000774. The molecule has 1 fully saturated rings. The molecule has 1 saturated carbocycles. The van der Waals surface area contributed by atoms with Crippen molar-refractivity contribution in [3.63, 3.8) is 0 Å². The van der Waals surface area contributed by atoms with E-state index in [2.05, 4.69) is 4.98 Å². The van der Waals surface area contributed by atoms with Crippen LogP contribution in [0.1, 0.15) is 52.0 Å². The average molecular weight is 289 g/mol. The van der Waals surface area contributed by atoms with E-state index in [1.807, 2.05) is 13.8 Å². The van der Waals surface area contributed by atoms with E-state index in [1.54, 1.807) is 18.2 Å². The number of nitrogens with zero attached hydrogens (tertiary/aromatic N) is 1. The van der Waals surface area contributed by atoms with Gasteiger partial charge in [0.15, 0.2) is 0 Å². The maximum Gasteiger partial charge on any atom is 0.329 e. The highest BCUT2D eigenvalue weighted by Crippen LogP contribution is 2.26. The number of rotatable bonds is 1. The second-order valence-corrected chi connectivity index (χ2v) is 5.20. The van der Waals surface area contributed by atoms with Crippen molar-refractivity contribution in [2.24, 2.45) is 0 Å². The lowest BCUT2D eigenvalue weighted by molar-refractivity contribution is 0.338. The van der Waals surface area contributed by atoms with Crippen molar-refractivity contribution >= 4 is 16.6 Å². The fourth-order valence-corrected chi connectivity index (χ4v) is 2.92. The molecule has 1 aliphatic rings. The van der Waals surface area contributed by atoms with Crippen LogP contribution in [0.5, 0.6) is 0 Å². The summed E-state index contributed by atoms with van der Waals surface area (Å²) >= 11 is 0. The fraction of sp³-hybridized carbons (Fsp3) is 0.500. The molecule has 1 aromatic carbocycles. The van der Waals surface area contributed by atoms with Crippen LogP contribution in [0.4, 0.5) is 5.69 Å². The normalized spacial score (nSPS) is 15.5. The number of benzene rings is 1. The van der Waals surface area contributed by atoms with Crippen molar-refractivity contribution in [1.29, 1.82) is 0 Å². The summed E-state index contributed by atoms with van der Waals surface area (Å²) in [6, 6.07) is 5.02. The van der Waals surface area contributed by atoms with Crippen molar-refractivity contribution in [3.05, 3.63) is 39.0 Å². The Morgan fingerprint density at radius 2 is 1.81 bits per heavy atom. The van der Waals surface area contributed by atoms with Gasteiger partial charge in [0.1, 0.15) is 0 Å². The molecular formula is C16H23N3O2. The monoisotopic (exact) mass is 289 g/mol. The van der Waals surface area contributed by atoms with Crippen molar-refractivity contribution in [1.82, 2.24) is 9.55 Å². The zero-order valence-electron chi connectivity index (χ0n) is 12.7. The van der Waals surface area contributed by atoms with Gasteiger partial charge in [-0.15, -0.1) is 0 Å². The predicted octanol–water partition coefficient (Wildman–Crippen LogP) is 2.80. The lowest BCUT2D eigenvalue weighted by Gasteiger charge is -2.23. The second kappa shape index (κ2) is 6.61. The number of nitrogens with one attached hydrogen (secondary N) is 1. The molecule has 1 heterocycles. The lowest BCUT2D eigenvalue weighted by Crippen LogP contribution is -2.38. The van der Waals surface area contributed by atoms with E-state index in [9.17, 15) is 9.59 Å². The van der Waals surface area contributed by atoms with Gasteiger partial charge in [0, 0.05) is 11.7 Å². The zero-order chi connectivity index (χ0) is 15.4. The van der Waals surface area contributed by atoms with Crippen LogP contribution in [0.2, 0.25) is 0 Å². The van der Waals surface area contributed by atoms with Gasteiger partial charge in [0.2, 0.25) is 0 Å². The Hall–Kier alpha value is -2.04. The molecular weight excluding hydrogens is 266 g/mol. The van der Waals surface area contributed by atoms with Crippen LogP contribution < -0.4 is 17.0 Å². The van der Waals surface area contributed by atoms with Gasteiger partial charge in [-0.3, -0.25) is 9.36 Å². The molecule has 3 N–H and O–H groups in total. The van der Waals surface area contributed by atoms with E-state index in [4.69, 9.17) is 5.73 Å². The molecule has 0 unspecified atom stereocenters. The van der Waals surface area contributed by atoms with Gasteiger partial charge in [-0.25, -0.2) is 4.79 Å². The van der Waals surface area contributed by atoms with E-state index in [-0.39, 0.29) is 17.3 Å². The summed E-state index contributed by atoms with van der Waals surface area (Å²) < 4.78 is 1.38. The smallest absolute Gasteiger partial charge is 0.329 e. The summed E-state index contributed by atoms with van der Waals surface area (Å²) in [7, 11) is 0. The SMILES string of the molecule is CC.Nc1ccc2[nH]c(=O)n(C3CCCCC3)c(=O)c2c1. The van der Waals surface area contributed by atoms with Gasteiger partial charge in [0.05, 0.1) is 10.9 Å². The molecule has 2 aromatic rings. The maximum atomic E-state index is 12.5. The second-order valence-electron chi connectivity index (χ2n) is 5.20. The molecule has 1 aromatic heterocycles. The third-order valence-corrected chi connectivity index (χ3v) is 3.89. The number of hydrogen-bond donors (Lipinski definition) is 2. The molecule has 5 nitrogen and oxygen atoms in total. The van der Waals surface area contributed by atoms with Gasteiger partial charge in [-0.1, -0.05) is 33.1 Å². The van der Waals surface area contributed by atoms with Crippen LogP contribution >= 0.6 is 0 Å². The van der Waals surface area contributed by atoms with Crippen molar-refractivity contribution in [3.8, 4) is 0 Å². The van der Waals surface area contributed by atoms with E-state index in [1.165, 1.54) is 11.0 Å². The number of hydrogen-bond acceptors (Lipinski definition) is 3. The van der Waals surface area contributed by atoms with Gasteiger partial charge in [-0.2, -0.15) is 0 Å². The summed E-state index contributed by atoms with van der Waals surface area (Å²) in [4.78, 5) is 27.4. The number of nitrogens with two attached hydrogens (primary N) is 1. The molecule has 0 bridgehead atoms. The number of fused-ring (bicyclic) bond motifs is 1. The van der Waals surface area contributed by atoms with E-state index < -0.39 is 0 Å². The molecule has 0 aliphatic heterocycles. The molecule has 3 rings (SSSR count). The first-order valence-electron chi connectivity index (χ1n) is 7.71. The molecule has 114 valence electrons. The zero-order valence-corrected chi connectivity index (χ0v) is 12.7. The summed E-state index contributed by atoms with van der Waals surface area (Å²) in [6.45, 7) is 4.00. The minimum atomic E-state index is -0.311. The lowest BCUT2D eigenvalue weighted by atomic mass is 9.95. The van der Waals surface area contributed by atoms with E-state index in [0.717, 1.165) is 25.7 Å². The topological polar surface area (TPSA) is 80.9 Å². The van der Waals surface area contributed by atoms with E-state index >= 15 is 0 Å². The predicted molar refractivity (Wildman–Crippen MR) is 86.7 cm³/mol. The molecule has 1 aliphatic carbocycles. The minimum Gasteiger partial charge on any atom is -0.399 e. The molecule has 0 radical (unpaired) electrons. The quantitative estimate of drug-likeness (QED) is 0.792. The summed E-state index contributed by atoms with van der Waals surface area (Å²) in [5, 5.41) is 0.491. The van der Waals surface area contributed by atoms with Gasteiger partial charge >= 0.3 is 5.69 Å². The first-order chi connectivity index (χ1) is 10.2. The number of nitrogen functional groups attached to an aromatic ring is 1. The third kappa shape index (κ3) is 3.01. The first-order valence-corrected chi connectivity index (χ1v) is 7.71. The number of H-pyrrole nitrogens is 1. The Morgan fingerprint density at radius 3 is 2.48 bits per heavy atom. The standard InChI is InChI=1S/C14H17N3O2.C2H6/c15-9-6-7-12-11(8-9)13(18)17(14(19)16-12)10-4-2-1-3-5-10;1-2/h6-8,10H,1-5,15H2,(H,16,19);1-2H3. The van der Waals surface area contributed by atoms with Crippen LogP contribution in [-0.4, -0.2) is 9.55 Å². The maximum absolute atomic E-state index is 12.5. The number of aromatic amines is 1. The van der Waals surface area contributed by atoms with Gasteiger partial charge in [-0.05, 0) is 31.0 Å². The Morgan fingerprint density at radius 1 is 1.14 bits per heavy atom. The molecule has 21 heavy (non-hydrogen) atoms. The highest BCUT2D eigenvalue weighted by molar-refractivity contribution is 5.80. The molecule has 5 heteroatoms. The van der Waals surface area contributed by atoms with Gasteiger partial charge in [0.25, 0.3) is 5.56 Å². The molecule has 0 amide bonds. The summed E-state index contributed by atoms with van der Waals surface area (Å²) in [5.74, 6) is 0. The van der Waals surface area contributed by atoms with Crippen molar-refractivity contribution in [2.75, 3.05) is 5.73 Å². The van der Waals surface area contributed by atoms with Crippen LogP contribution in [0.15, 0.2) is 27.8 Å². The Labute approximate surface area is 123 Å². The molecule has 0 atom stereocenters. The van der Waals surface area contributed by atoms with Crippen molar-refractivity contribution in [2.45, 2.75) is 52.0 Å². The third-order valence-electron chi connectivity index (χ3n) is 3.89. The van der Waals surface area contributed by atoms with Crippen molar-refractivity contribution < 1.29 is 0 Å². The molecule has 0 spiro atoms. The minimum absolute atomic E-state index is 0.0239. The average Bonchev–Trinajstić information content (AvgIpc) is 2.51. The highest BCUT2D eigenvalue weighted by atomic mass is 16.2. The van der Waals surface area contributed by atoms with Crippen LogP contribution in [-0.2, 0) is 0 Å². The summed E-state index contributed by atoms with van der Waals surface area (Å²) in [6.07, 6.45) is 5.13. The van der Waals surface area contributed by atoms with E-state index in [0.29, 0.717) is 16.6 Å². The first kappa shape index (κ1) is 15.4. The Kier molecular flexibility index (Phi) is 4.83. The summed E-state index contributed by atoms with van der Waals surface area (Å²) in [5.41, 5.74) is 6.27. The van der Waals surface area contributed by atoms with Gasteiger partial charge < -0.3 is 10.7 Å². The molecule has 0 saturated heterocycles. The van der Waals surface area contributed by atoms with Crippen LogP contribution in [0.3, 0.4) is 0 Å². The Bertz CT molecular complexity index is 724. The van der Waals surface area contributed by atoms with Crippen LogP contribution in [0.25, 0.3) is 10.9 Å². The number of anilines is 1.